The molecule has 0 aliphatic rings. The third-order valence-electron chi connectivity index (χ3n) is 3.86. The SMILES string of the molecule is Cn1ccc2c(NC(=NC(N)=NCc3ccn[nH]3)C(=N)C(N)=O)cccc21. The number of aromatic amines is 1. The van der Waals surface area contributed by atoms with E-state index in [9.17, 15) is 4.79 Å². The summed E-state index contributed by atoms with van der Waals surface area (Å²) in [5.74, 6) is -1.11. The zero-order valence-corrected chi connectivity index (χ0v) is 14.6. The van der Waals surface area contributed by atoms with Gasteiger partial charge in [0, 0.05) is 36.0 Å². The number of carbonyl (C=O) groups is 1. The quantitative estimate of drug-likeness (QED) is 0.333. The molecule has 2 heterocycles. The topological polar surface area (TPSA) is 163 Å². The number of anilines is 1. The van der Waals surface area contributed by atoms with E-state index in [-0.39, 0.29) is 18.3 Å². The summed E-state index contributed by atoms with van der Waals surface area (Å²) in [5, 5.41) is 18.4. The first kappa shape index (κ1) is 17.9. The summed E-state index contributed by atoms with van der Waals surface area (Å²) < 4.78 is 1.96. The van der Waals surface area contributed by atoms with E-state index >= 15 is 0 Å². The van der Waals surface area contributed by atoms with Crippen molar-refractivity contribution in [2.45, 2.75) is 6.54 Å². The number of nitrogens with zero attached hydrogens (tertiary/aromatic N) is 4. The van der Waals surface area contributed by atoms with Gasteiger partial charge in [-0.2, -0.15) is 10.1 Å². The Balaban J connectivity index is 1.92. The summed E-state index contributed by atoms with van der Waals surface area (Å²) in [4.78, 5) is 19.7. The van der Waals surface area contributed by atoms with Crippen molar-refractivity contribution in [3.05, 3.63) is 48.4 Å². The molecule has 10 heteroatoms. The summed E-state index contributed by atoms with van der Waals surface area (Å²) in [6.45, 7) is 0.237. The number of benzene rings is 1. The number of carbonyl (C=O) groups excluding carboxylic acids is 1. The molecular weight excluding hydrogens is 346 g/mol. The lowest BCUT2D eigenvalue weighted by Crippen LogP contribution is -2.35. The van der Waals surface area contributed by atoms with Crippen LogP contribution < -0.4 is 16.8 Å². The van der Waals surface area contributed by atoms with Gasteiger partial charge in [0.2, 0.25) is 5.96 Å². The number of fused-ring (bicyclic) bond motifs is 1. The van der Waals surface area contributed by atoms with Gasteiger partial charge in [-0.05, 0) is 24.3 Å². The van der Waals surface area contributed by atoms with Crippen LogP contribution in [0.1, 0.15) is 5.69 Å². The maximum absolute atomic E-state index is 11.5. The van der Waals surface area contributed by atoms with Gasteiger partial charge in [0.05, 0.1) is 12.2 Å². The van der Waals surface area contributed by atoms with E-state index in [0.717, 1.165) is 16.6 Å². The number of hydrogen-bond acceptors (Lipinski definition) is 4. The second-order valence-corrected chi connectivity index (χ2v) is 5.75. The van der Waals surface area contributed by atoms with Crippen molar-refractivity contribution in [1.29, 1.82) is 5.41 Å². The molecule has 0 saturated carbocycles. The van der Waals surface area contributed by atoms with Gasteiger partial charge >= 0.3 is 0 Å². The van der Waals surface area contributed by atoms with Crippen molar-refractivity contribution in [3.8, 4) is 0 Å². The molecule has 3 aromatic rings. The highest BCUT2D eigenvalue weighted by atomic mass is 16.1. The molecule has 7 N–H and O–H groups in total. The molecule has 2 aromatic heterocycles. The monoisotopic (exact) mass is 365 g/mol. The average Bonchev–Trinajstić information content (AvgIpc) is 3.29. The Labute approximate surface area is 154 Å². The smallest absolute Gasteiger partial charge is 0.270 e. The molecule has 0 atom stereocenters. The highest BCUT2D eigenvalue weighted by Crippen LogP contribution is 2.24. The Morgan fingerprint density at radius 1 is 1.33 bits per heavy atom. The fraction of sp³-hybridized carbons (Fsp3) is 0.118. The Hall–Kier alpha value is -3.95. The Bertz CT molecular complexity index is 1040. The van der Waals surface area contributed by atoms with Gasteiger partial charge in [-0.15, -0.1) is 0 Å². The average molecular weight is 365 g/mol. The maximum Gasteiger partial charge on any atom is 0.270 e. The largest absolute Gasteiger partial charge is 0.368 e. The summed E-state index contributed by atoms with van der Waals surface area (Å²) in [7, 11) is 1.92. The Morgan fingerprint density at radius 2 is 2.15 bits per heavy atom. The zero-order chi connectivity index (χ0) is 19.4. The predicted octanol–water partition coefficient (Wildman–Crippen LogP) is 0.732. The van der Waals surface area contributed by atoms with Crippen LogP contribution in [0.2, 0.25) is 0 Å². The zero-order valence-electron chi connectivity index (χ0n) is 14.6. The van der Waals surface area contributed by atoms with Gasteiger partial charge in [-0.25, -0.2) is 4.99 Å². The van der Waals surface area contributed by atoms with Crippen LogP contribution in [0, 0.1) is 5.41 Å². The summed E-state index contributed by atoms with van der Waals surface area (Å²) in [5.41, 5.74) is 13.0. The van der Waals surface area contributed by atoms with Crippen molar-refractivity contribution in [2.75, 3.05) is 5.32 Å². The van der Waals surface area contributed by atoms with Gasteiger partial charge in [0.25, 0.3) is 5.91 Å². The van der Waals surface area contributed by atoms with Crippen LogP contribution in [0.3, 0.4) is 0 Å². The van der Waals surface area contributed by atoms with E-state index < -0.39 is 11.6 Å². The number of H-pyrrole nitrogens is 1. The normalized spacial score (nSPS) is 12.3. The maximum atomic E-state index is 11.5. The first-order valence-corrected chi connectivity index (χ1v) is 8.02. The second-order valence-electron chi connectivity index (χ2n) is 5.75. The van der Waals surface area contributed by atoms with Crippen LogP contribution in [-0.4, -0.2) is 38.2 Å². The van der Waals surface area contributed by atoms with E-state index in [2.05, 4.69) is 25.5 Å². The lowest BCUT2D eigenvalue weighted by molar-refractivity contribution is -0.111. The minimum atomic E-state index is -0.928. The van der Waals surface area contributed by atoms with Crippen LogP contribution in [0.25, 0.3) is 10.9 Å². The van der Waals surface area contributed by atoms with Crippen molar-refractivity contribution >= 4 is 40.0 Å². The van der Waals surface area contributed by atoms with Gasteiger partial charge in [0.15, 0.2) is 11.5 Å². The Kier molecular flexibility index (Phi) is 4.97. The first-order chi connectivity index (χ1) is 13.0. The minimum absolute atomic E-state index is 0.0790. The standard InChI is InChI=1S/C17H19N9O/c1-26-8-6-11-12(3-2-4-13(11)26)23-16(14(18)15(19)27)24-17(20)21-9-10-5-7-22-25-10/h2-8,18H,9H2,1H3,(H2,19,27)(H,22,25)(H3,20,21,23,24). The van der Waals surface area contributed by atoms with Crippen molar-refractivity contribution in [1.82, 2.24) is 14.8 Å². The highest BCUT2D eigenvalue weighted by molar-refractivity contribution is 6.68. The van der Waals surface area contributed by atoms with Gasteiger partial charge in [-0.3, -0.25) is 15.3 Å². The molecule has 0 aliphatic heterocycles. The number of rotatable bonds is 5. The van der Waals surface area contributed by atoms with E-state index in [1.807, 2.05) is 42.1 Å². The van der Waals surface area contributed by atoms with Crippen LogP contribution in [0.15, 0.2) is 52.7 Å². The number of aryl methyl sites for hydroxylation is 1. The molecule has 3 rings (SSSR count). The van der Waals surface area contributed by atoms with Gasteiger partial charge in [-0.1, -0.05) is 6.07 Å². The van der Waals surface area contributed by atoms with E-state index in [1.54, 1.807) is 12.3 Å². The minimum Gasteiger partial charge on any atom is -0.368 e. The number of guanidine groups is 1. The molecule has 0 radical (unpaired) electrons. The fourth-order valence-corrected chi connectivity index (χ4v) is 2.49. The molecule has 0 bridgehead atoms. The van der Waals surface area contributed by atoms with Crippen LogP contribution in [0.4, 0.5) is 5.69 Å². The van der Waals surface area contributed by atoms with Crippen molar-refractivity contribution in [3.63, 3.8) is 0 Å². The number of hydrogen-bond donors (Lipinski definition) is 5. The number of nitrogens with two attached hydrogens (primary N) is 2. The molecule has 0 spiro atoms. The predicted molar refractivity (Wildman–Crippen MR) is 105 cm³/mol. The molecule has 0 saturated heterocycles. The molecule has 10 nitrogen and oxygen atoms in total. The van der Waals surface area contributed by atoms with Gasteiger partial charge < -0.3 is 21.4 Å². The molecule has 0 unspecified atom stereocenters. The second kappa shape index (κ2) is 7.52. The number of aliphatic imine (C=N–C) groups is 2. The molecular formula is C17H19N9O. The summed E-state index contributed by atoms with van der Waals surface area (Å²) in [6, 6.07) is 9.28. The first-order valence-electron chi connectivity index (χ1n) is 8.02. The molecule has 1 amide bonds. The van der Waals surface area contributed by atoms with Crippen LogP contribution >= 0.6 is 0 Å². The number of amides is 1. The van der Waals surface area contributed by atoms with E-state index in [4.69, 9.17) is 16.9 Å². The lowest BCUT2D eigenvalue weighted by atomic mass is 10.2. The lowest BCUT2D eigenvalue weighted by Gasteiger charge is -2.11. The van der Waals surface area contributed by atoms with Crippen LogP contribution in [-0.2, 0) is 18.4 Å². The number of nitrogens with one attached hydrogen (secondary N) is 3. The molecule has 138 valence electrons. The van der Waals surface area contributed by atoms with Gasteiger partial charge in [0.1, 0.15) is 0 Å². The molecule has 0 fully saturated rings. The van der Waals surface area contributed by atoms with E-state index in [0.29, 0.717) is 5.69 Å². The van der Waals surface area contributed by atoms with Crippen molar-refractivity contribution in [2.24, 2.45) is 28.5 Å². The molecule has 0 aliphatic carbocycles. The summed E-state index contributed by atoms with van der Waals surface area (Å²) in [6.07, 6.45) is 3.51. The number of primary amides is 1. The summed E-state index contributed by atoms with van der Waals surface area (Å²) >= 11 is 0. The third kappa shape index (κ3) is 4.00. The number of amidine groups is 1. The fourth-order valence-electron chi connectivity index (χ4n) is 2.49. The molecule has 1 aromatic carbocycles. The van der Waals surface area contributed by atoms with E-state index in [1.165, 1.54) is 0 Å². The molecule has 27 heavy (non-hydrogen) atoms. The Morgan fingerprint density at radius 3 is 2.85 bits per heavy atom. The van der Waals surface area contributed by atoms with Crippen LogP contribution in [0.5, 0.6) is 0 Å². The van der Waals surface area contributed by atoms with Crippen molar-refractivity contribution < 1.29 is 4.79 Å². The highest BCUT2D eigenvalue weighted by Gasteiger charge is 2.16. The third-order valence-corrected chi connectivity index (χ3v) is 3.86. The number of aromatic nitrogens is 3.